The van der Waals surface area contributed by atoms with Crippen LogP contribution in [0.5, 0.6) is 0 Å². The predicted octanol–water partition coefficient (Wildman–Crippen LogP) is 5.92. The summed E-state index contributed by atoms with van der Waals surface area (Å²) in [4.78, 5) is 12.8. The molecule has 2 N–H and O–H groups in total. The van der Waals surface area contributed by atoms with Crippen LogP contribution in [0, 0.1) is 13.8 Å². The highest BCUT2D eigenvalue weighted by Crippen LogP contribution is 2.26. The molecule has 0 aliphatic carbocycles. The second-order valence-electron chi connectivity index (χ2n) is 7.27. The molecule has 0 bridgehead atoms. The standard InChI is InChI=1S/C24H21ClN4O2/c1-15-12-16(2)14-20(13-15)26-24(30)27-21(17-8-10-19(25)11-9-17)23-29-28-22(31-23)18-6-4-3-5-7-18/h3-14,21H,1-2H3,(H2,26,27,30)/t21-/m1/s1. The molecule has 0 radical (unpaired) electrons. The van der Waals surface area contributed by atoms with Gasteiger partial charge in [0.25, 0.3) is 0 Å². The van der Waals surface area contributed by atoms with Gasteiger partial charge in [-0.05, 0) is 66.9 Å². The fraction of sp³-hybridized carbons (Fsp3) is 0.125. The molecule has 1 aromatic heterocycles. The number of aromatic nitrogens is 2. The van der Waals surface area contributed by atoms with Crippen molar-refractivity contribution in [2.24, 2.45) is 0 Å². The minimum Gasteiger partial charge on any atom is -0.418 e. The quantitative estimate of drug-likeness (QED) is 0.410. The number of urea groups is 1. The first kappa shape index (κ1) is 20.6. The van der Waals surface area contributed by atoms with Crippen LogP contribution in [0.15, 0.2) is 77.2 Å². The van der Waals surface area contributed by atoms with Gasteiger partial charge in [-0.2, -0.15) is 0 Å². The largest absolute Gasteiger partial charge is 0.418 e. The van der Waals surface area contributed by atoms with Crippen LogP contribution < -0.4 is 10.6 Å². The summed E-state index contributed by atoms with van der Waals surface area (Å²) < 4.78 is 5.91. The number of hydrogen-bond acceptors (Lipinski definition) is 4. The molecule has 2 amide bonds. The molecule has 0 saturated carbocycles. The van der Waals surface area contributed by atoms with E-state index >= 15 is 0 Å². The molecular weight excluding hydrogens is 412 g/mol. The first-order valence-corrected chi connectivity index (χ1v) is 10.2. The first-order chi connectivity index (χ1) is 15.0. The number of hydrogen-bond donors (Lipinski definition) is 2. The lowest BCUT2D eigenvalue weighted by Gasteiger charge is -2.17. The van der Waals surface area contributed by atoms with Crippen LogP contribution in [0.25, 0.3) is 11.5 Å². The van der Waals surface area contributed by atoms with Gasteiger partial charge in [-0.25, -0.2) is 4.79 Å². The molecule has 156 valence electrons. The number of aryl methyl sites for hydroxylation is 2. The van der Waals surface area contributed by atoms with E-state index in [-0.39, 0.29) is 11.9 Å². The predicted molar refractivity (Wildman–Crippen MR) is 121 cm³/mol. The molecule has 31 heavy (non-hydrogen) atoms. The Morgan fingerprint density at radius 1 is 0.935 bits per heavy atom. The monoisotopic (exact) mass is 432 g/mol. The number of carbonyl (C=O) groups is 1. The SMILES string of the molecule is Cc1cc(C)cc(NC(=O)N[C@H](c2ccc(Cl)cc2)c2nnc(-c3ccccc3)o2)c1. The van der Waals surface area contributed by atoms with Gasteiger partial charge < -0.3 is 15.1 Å². The Kier molecular flexibility index (Phi) is 6.00. The maximum atomic E-state index is 12.8. The van der Waals surface area contributed by atoms with Crippen molar-refractivity contribution in [3.63, 3.8) is 0 Å². The first-order valence-electron chi connectivity index (χ1n) is 9.78. The van der Waals surface area contributed by atoms with E-state index in [1.165, 1.54) is 0 Å². The number of anilines is 1. The molecule has 0 aliphatic rings. The van der Waals surface area contributed by atoms with Gasteiger partial charge in [0.2, 0.25) is 11.8 Å². The molecule has 0 spiro atoms. The summed E-state index contributed by atoms with van der Waals surface area (Å²) in [6, 6.07) is 21.4. The molecule has 0 unspecified atom stereocenters. The lowest BCUT2D eigenvalue weighted by atomic mass is 10.1. The lowest BCUT2D eigenvalue weighted by Crippen LogP contribution is -2.33. The third-order valence-electron chi connectivity index (χ3n) is 4.67. The van der Waals surface area contributed by atoms with E-state index in [2.05, 4.69) is 20.8 Å². The average molecular weight is 433 g/mol. The Balaban J connectivity index is 1.61. The van der Waals surface area contributed by atoms with Crippen molar-refractivity contribution in [3.8, 4) is 11.5 Å². The van der Waals surface area contributed by atoms with Crippen molar-refractivity contribution in [2.45, 2.75) is 19.9 Å². The fourth-order valence-corrected chi connectivity index (χ4v) is 3.46. The van der Waals surface area contributed by atoms with Crippen LogP contribution in [0.1, 0.15) is 28.6 Å². The van der Waals surface area contributed by atoms with E-state index in [1.807, 2.05) is 74.5 Å². The molecule has 4 rings (SSSR count). The summed E-state index contributed by atoms with van der Waals surface area (Å²) in [6.45, 7) is 3.96. The van der Waals surface area contributed by atoms with Crippen molar-refractivity contribution in [1.29, 1.82) is 0 Å². The number of nitrogens with one attached hydrogen (secondary N) is 2. The van der Waals surface area contributed by atoms with Crippen LogP contribution in [-0.2, 0) is 0 Å². The van der Waals surface area contributed by atoms with Gasteiger partial charge in [-0.15, -0.1) is 10.2 Å². The molecule has 1 atom stereocenters. The van der Waals surface area contributed by atoms with Gasteiger partial charge >= 0.3 is 6.03 Å². The number of nitrogens with zero attached hydrogens (tertiary/aromatic N) is 2. The van der Waals surface area contributed by atoms with Gasteiger partial charge in [0, 0.05) is 16.3 Å². The Morgan fingerprint density at radius 2 is 1.61 bits per heavy atom. The van der Waals surface area contributed by atoms with Crippen molar-refractivity contribution >= 4 is 23.3 Å². The number of carbonyl (C=O) groups excluding carboxylic acids is 1. The highest BCUT2D eigenvalue weighted by atomic mass is 35.5. The van der Waals surface area contributed by atoms with Crippen molar-refractivity contribution in [3.05, 3.63) is 100 Å². The number of rotatable bonds is 5. The van der Waals surface area contributed by atoms with Crippen LogP contribution >= 0.6 is 11.6 Å². The van der Waals surface area contributed by atoms with Gasteiger partial charge in [-0.3, -0.25) is 0 Å². The van der Waals surface area contributed by atoms with Crippen molar-refractivity contribution in [1.82, 2.24) is 15.5 Å². The molecule has 7 heteroatoms. The maximum Gasteiger partial charge on any atom is 0.320 e. The van der Waals surface area contributed by atoms with Gasteiger partial charge in [0.15, 0.2) is 0 Å². The van der Waals surface area contributed by atoms with Gasteiger partial charge in [0.1, 0.15) is 6.04 Å². The topological polar surface area (TPSA) is 80.0 Å². The van der Waals surface area contributed by atoms with Gasteiger partial charge in [-0.1, -0.05) is 48.0 Å². The van der Waals surface area contributed by atoms with E-state index in [0.29, 0.717) is 16.6 Å². The van der Waals surface area contributed by atoms with E-state index in [9.17, 15) is 4.79 Å². The third kappa shape index (κ3) is 5.10. The maximum absolute atomic E-state index is 12.8. The Labute approximate surface area is 185 Å². The zero-order chi connectivity index (χ0) is 21.8. The second-order valence-corrected chi connectivity index (χ2v) is 7.71. The smallest absolute Gasteiger partial charge is 0.320 e. The summed E-state index contributed by atoms with van der Waals surface area (Å²) in [6.07, 6.45) is 0. The van der Waals surface area contributed by atoms with Crippen molar-refractivity contribution < 1.29 is 9.21 Å². The molecule has 1 heterocycles. The molecular formula is C24H21ClN4O2. The molecule has 6 nitrogen and oxygen atoms in total. The van der Waals surface area contributed by atoms with E-state index < -0.39 is 6.04 Å². The minimum absolute atomic E-state index is 0.275. The molecule has 0 saturated heterocycles. The van der Waals surface area contributed by atoms with Gasteiger partial charge in [0.05, 0.1) is 0 Å². The Hall–Kier alpha value is -3.64. The summed E-state index contributed by atoms with van der Waals surface area (Å²) >= 11 is 6.04. The third-order valence-corrected chi connectivity index (χ3v) is 4.92. The zero-order valence-corrected chi connectivity index (χ0v) is 17.9. The number of amides is 2. The average Bonchev–Trinajstić information content (AvgIpc) is 3.23. The lowest BCUT2D eigenvalue weighted by molar-refractivity contribution is 0.248. The number of benzene rings is 3. The van der Waals surface area contributed by atoms with Crippen LogP contribution in [-0.4, -0.2) is 16.2 Å². The Morgan fingerprint density at radius 3 is 2.29 bits per heavy atom. The second kappa shape index (κ2) is 9.02. The summed E-state index contributed by atoms with van der Waals surface area (Å²) in [5, 5.41) is 14.7. The number of halogens is 1. The summed E-state index contributed by atoms with van der Waals surface area (Å²) in [7, 11) is 0. The zero-order valence-electron chi connectivity index (χ0n) is 17.1. The molecule has 0 aliphatic heterocycles. The fourth-order valence-electron chi connectivity index (χ4n) is 3.34. The van der Waals surface area contributed by atoms with Crippen LogP contribution in [0.4, 0.5) is 10.5 Å². The molecule has 4 aromatic rings. The van der Waals surface area contributed by atoms with E-state index in [0.717, 1.165) is 22.3 Å². The Bertz CT molecular complexity index is 1170. The van der Waals surface area contributed by atoms with E-state index in [4.69, 9.17) is 16.0 Å². The highest BCUT2D eigenvalue weighted by Gasteiger charge is 2.23. The summed E-state index contributed by atoms with van der Waals surface area (Å²) in [5.74, 6) is 0.655. The van der Waals surface area contributed by atoms with Crippen molar-refractivity contribution in [2.75, 3.05) is 5.32 Å². The highest BCUT2D eigenvalue weighted by molar-refractivity contribution is 6.30. The minimum atomic E-state index is -0.645. The summed E-state index contributed by atoms with van der Waals surface area (Å²) in [5.41, 5.74) is 4.40. The van der Waals surface area contributed by atoms with E-state index in [1.54, 1.807) is 12.1 Å². The molecule has 0 fully saturated rings. The normalized spacial score (nSPS) is 11.7. The molecule has 3 aromatic carbocycles. The van der Waals surface area contributed by atoms with Crippen LogP contribution in [0.2, 0.25) is 5.02 Å². The van der Waals surface area contributed by atoms with Crippen LogP contribution in [0.3, 0.4) is 0 Å².